The lowest BCUT2D eigenvalue weighted by molar-refractivity contribution is -0.136. The molecule has 0 aliphatic carbocycles. The maximum atomic E-state index is 12.6. The Morgan fingerprint density at radius 2 is 2.13 bits per heavy atom. The monoisotopic (exact) mass is 343 g/mol. The summed E-state index contributed by atoms with van der Waals surface area (Å²) in [5.74, 6) is -1.10. The summed E-state index contributed by atoms with van der Waals surface area (Å²) in [6.45, 7) is 0. The standard InChI is InChI=1S/C8H5Br2F2NO2/c9-6-3(1-4(14)15)2-13-7(10)5(6)8(11)12/h2,8H,1H2,(H,14,15). The summed E-state index contributed by atoms with van der Waals surface area (Å²) in [6, 6.07) is 0. The van der Waals surface area contributed by atoms with Crippen molar-refractivity contribution < 1.29 is 18.7 Å². The molecule has 0 radical (unpaired) electrons. The zero-order chi connectivity index (χ0) is 11.6. The van der Waals surface area contributed by atoms with Crippen LogP contribution in [0.2, 0.25) is 0 Å². The number of rotatable bonds is 3. The van der Waals surface area contributed by atoms with E-state index in [0.717, 1.165) is 0 Å². The van der Waals surface area contributed by atoms with Gasteiger partial charge < -0.3 is 5.11 Å². The maximum Gasteiger partial charge on any atom is 0.307 e. The third kappa shape index (κ3) is 2.94. The van der Waals surface area contributed by atoms with E-state index in [2.05, 4.69) is 36.8 Å². The van der Waals surface area contributed by atoms with Crippen molar-refractivity contribution in [2.75, 3.05) is 0 Å². The fourth-order valence-corrected chi connectivity index (χ4v) is 2.34. The van der Waals surface area contributed by atoms with Gasteiger partial charge in [0.2, 0.25) is 0 Å². The summed E-state index contributed by atoms with van der Waals surface area (Å²) in [5, 5.41) is 8.54. The number of nitrogens with zero attached hydrogens (tertiary/aromatic N) is 1. The molecule has 0 atom stereocenters. The zero-order valence-electron chi connectivity index (χ0n) is 7.18. The number of hydrogen-bond acceptors (Lipinski definition) is 2. The summed E-state index contributed by atoms with van der Waals surface area (Å²) in [7, 11) is 0. The van der Waals surface area contributed by atoms with Crippen LogP contribution in [0.5, 0.6) is 0 Å². The molecule has 0 aromatic carbocycles. The maximum absolute atomic E-state index is 12.6. The molecular weight excluding hydrogens is 340 g/mol. The molecule has 3 nitrogen and oxygen atoms in total. The first kappa shape index (κ1) is 12.5. The topological polar surface area (TPSA) is 50.2 Å². The van der Waals surface area contributed by atoms with Gasteiger partial charge in [0, 0.05) is 10.7 Å². The Balaban J connectivity index is 3.22. The van der Waals surface area contributed by atoms with E-state index in [1.165, 1.54) is 6.20 Å². The normalized spacial score (nSPS) is 10.7. The largest absolute Gasteiger partial charge is 0.481 e. The van der Waals surface area contributed by atoms with Crippen LogP contribution in [-0.2, 0) is 11.2 Å². The van der Waals surface area contributed by atoms with Gasteiger partial charge in [-0.1, -0.05) is 0 Å². The predicted molar refractivity (Wildman–Crippen MR) is 55.9 cm³/mol. The fraction of sp³-hybridized carbons (Fsp3) is 0.250. The minimum atomic E-state index is -2.71. The van der Waals surface area contributed by atoms with Crippen molar-refractivity contribution in [3.8, 4) is 0 Å². The number of carboxylic acid groups (broad SMARTS) is 1. The number of carbonyl (C=O) groups is 1. The Labute approximate surface area is 101 Å². The molecule has 0 amide bonds. The van der Waals surface area contributed by atoms with E-state index in [1.54, 1.807) is 0 Å². The van der Waals surface area contributed by atoms with Crippen LogP contribution < -0.4 is 0 Å². The van der Waals surface area contributed by atoms with Gasteiger partial charge in [0.25, 0.3) is 6.43 Å². The van der Waals surface area contributed by atoms with E-state index in [1.807, 2.05) is 0 Å². The summed E-state index contributed by atoms with van der Waals surface area (Å²) in [4.78, 5) is 14.1. The van der Waals surface area contributed by atoms with Gasteiger partial charge in [-0.05, 0) is 37.4 Å². The highest BCUT2D eigenvalue weighted by Gasteiger charge is 2.20. The van der Waals surface area contributed by atoms with Crippen LogP contribution in [0.25, 0.3) is 0 Å². The molecule has 1 aromatic heterocycles. The number of halogens is 4. The number of alkyl halides is 2. The molecule has 1 aromatic rings. The third-order valence-corrected chi connectivity index (χ3v) is 3.20. The van der Waals surface area contributed by atoms with Gasteiger partial charge in [0.15, 0.2) is 0 Å². The summed E-state index contributed by atoms with van der Waals surface area (Å²) < 4.78 is 25.2. The highest BCUT2D eigenvalue weighted by Crippen LogP contribution is 2.34. The molecule has 0 aliphatic heterocycles. The Morgan fingerprint density at radius 1 is 1.53 bits per heavy atom. The number of aromatic nitrogens is 1. The van der Waals surface area contributed by atoms with E-state index >= 15 is 0 Å². The van der Waals surface area contributed by atoms with E-state index in [-0.39, 0.29) is 26.6 Å². The molecule has 0 bridgehead atoms. The molecule has 0 saturated heterocycles. The third-order valence-electron chi connectivity index (χ3n) is 1.63. The molecule has 1 N–H and O–H groups in total. The van der Waals surface area contributed by atoms with Crippen molar-refractivity contribution in [2.45, 2.75) is 12.8 Å². The second-order valence-electron chi connectivity index (χ2n) is 2.67. The molecule has 0 unspecified atom stereocenters. The number of aliphatic carboxylic acids is 1. The highest BCUT2D eigenvalue weighted by atomic mass is 79.9. The Hall–Kier alpha value is -0.560. The van der Waals surface area contributed by atoms with Gasteiger partial charge in [0.1, 0.15) is 4.60 Å². The second kappa shape index (κ2) is 4.98. The number of pyridine rings is 1. The fourth-order valence-electron chi connectivity index (χ4n) is 0.996. The van der Waals surface area contributed by atoms with Crippen molar-refractivity contribution in [2.24, 2.45) is 0 Å². The molecule has 15 heavy (non-hydrogen) atoms. The van der Waals surface area contributed by atoms with Crippen molar-refractivity contribution >= 4 is 37.8 Å². The molecule has 0 aliphatic rings. The number of hydrogen-bond donors (Lipinski definition) is 1. The molecule has 1 heterocycles. The molecule has 82 valence electrons. The zero-order valence-corrected chi connectivity index (χ0v) is 10.3. The second-order valence-corrected chi connectivity index (χ2v) is 4.22. The van der Waals surface area contributed by atoms with Crippen LogP contribution in [0.15, 0.2) is 15.3 Å². The average molecular weight is 345 g/mol. The molecule has 0 spiro atoms. The van der Waals surface area contributed by atoms with Crippen LogP contribution in [-0.4, -0.2) is 16.1 Å². The van der Waals surface area contributed by atoms with Crippen LogP contribution in [0.1, 0.15) is 17.6 Å². The van der Waals surface area contributed by atoms with Crippen molar-refractivity contribution in [3.05, 3.63) is 26.4 Å². The van der Waals surface area contributed by atoms with Crippen molar-refractivity contribution in [1.29, 1.82) is 0 Å². The average Bonchev–Trinajstić information content (AvgIpc) is 2.09. The summed E-state index contributed by atoms with van der Waals surface area (Å²) >= 11 is 5.83. The van der Waals surface area contributed by atoms with E-state index < -0.39 is 12.4 Å². The molecule has 1 rings (SSSR count). The number of carboxylic acids is 1. The lowest BCUT2D eigenvalue weighted by Crippen LogP contribution is -2.04. The van der Waals surface area contributed by atoms with E-state index in [9.17, 15) is 13.6 Å². The Morgan fingerprint density at radius 3 is 2.60 bits per heavy atom. The lowest BCUT2D eigenvalue weighted by Gasteiger charge is -2.08. The lowest BCUT2D eigenvalue weighted by atomic mass is 10.1. The minimum absolute atomic E-state index is 0.0125. The predicted octanol–water partition coefficient (Wildman–Crippen LogP) is 3.17. The first-order chi connectivity index (χ1) is 6.93. The highest BCUT2D eigenvalue weighted by molar-refractivity contribution is 9.11. The van der Waals surface area contributed by atoms with Crippen LogP contribution >= 0.6 is 31.9 Å². The van der Waals surface area contributed by atoms with Gasteiger partial charge in [-0.15, -0.1) is 0 Å². The Bertz CT molecular complexity index is 398. The van der Waals surface area contributed by atoms with Crippen molar-refractivity contribution in [1.82, 2.24) is 4.98 Å². The minimum Gasteiger partial charge on any atom is -0.481 e. The van der Waals surface area contributed by atoms with Gasteiger partial charge >= 0.3 is 5.97 Å². The van der Waals surface area contributed by atoms with Crippen LogP contribution in [0, 0.1) is 0 Å². The summed E-state index contributed by atoms with van der Waals surface area (Å²) in [6.07, 6.45) is -1.82. The van der Waals surface area contributed by atoms with Gasteiger partial charge in [-0.2, -0.15) is 0 Å². The molecular formula is C8H5Br2F2NO2. The first-order valence-electron chi connectivity index (χ1n) is 3.76. The quantitative estimate of drug-likeness (QED) is 0.857. The first-order valence-corrected chi connectivity index (χ1v) is 5.34. The van der Waals surface area contributed by atoms with Crippen molar-refractivity contribution in [3.63, 3.8) is 0 Å². The molecule has 0 fully saturated rings. The molecule has 0 saturated carbocycles. The van der Waals surface area contributed by atoms with Crippen LogP contribution in [0.4, 0.5) is 8.78 Å². The van der Waals surface area contributed by atoms with Crippen LogP contribution in [0.3, 0.4) is 0 Å². The summed E-state index contributed by atoms with van der Waals surface area (Å²) in [5.41, 5.74) is -0.102. The van der Waals surface area contributed by atoms with E-state index in [4.69, 9.17) is 5.11 Å². The van der Waals surface area contributed by atoms with Gasteiger partial charge in [-0.25, -0.2) is 13.8 Å². The Kier molecular flexibility index (Phi) is 4.15. The SMILES string of the molecule is O=C(O)Cc1cnc(Br)c(C(F)F)c1Br. The van der Waals surface area contributed by atoms with Gasteiger partial charge in [-0.3, -0.25) is 4.79 Å². The van der Waals surface area contributed by atoms with Gasteiger partial charge in [0.05, 0.1) is 12.0 Å². The smallest absolute Gasteiger partial charge is 0.307 e. The molecule has 7 heteroatoms. The van der Waals surface area contributed by atoms with E-state index in [0.29, 0.717) is 0 Å².